The number of carbonyl (C=O) groups is 1. The third-order valence-corrected chi connectivity index (χ3v) is 6.83. The first-order valence-corrected chi connectivity index (χ1v) is 11.0. The van der Waals surface area contributed by atoms with Gasteiger partial charge in [-0.2, -0.15) is 0 Å². The molecule has 4 nitrogen and oxygen atoms in total. The molecule has 0 N–H and O–H groups in total. The van der Waals surface area contributed by atoms with Crippen molar-refractivity contribution in [2.75, 3.05) is 13.1 Å². The molecular weight excluding hydrogens is 385 g/mol. The molecular formula is C23H26FN3OS. The molecule has 2 aromatic heterocycles. The maximum atomic E-state index is 13.2. The summed E-state index contributed by atoms with van der Waals surface area (Å²) in [6.45, 7) is 6.37. The molecule has 3 heterocycles. The highest BCUT2D eigenvalue weighted by molar-refractivity contribution is 7.12. The monoisotopic (exact) mass is 411 g/mol. The fourth-order valence-corrected chi connectivity index (χ4v) is 4.89. The number of aromatic nitrogens is 2. The summed E-state index contributed by atoms with van der Waals surface area (Å²) in [6, 6.07) is 8.67. The minimum absolute atomic E-state index is 0.171. The molecule has 1 aromatic carbocycles. The van der Waals surface area contributed by atoms with Crippen LogP contribution in [0.5, 0.6) is 0 Å². The van der Waals surface area contributed by atoms with Crippen molar-refractivity contribution in [3.63, 3.8) is 0 Å². The lowest BCUT2D eigenvalue weighted by atomic mass is 9.93. The van der Waals surface area contributed by atoms with Crippen molar-refractivity contribution in [2.45, 2.75) is 39.7 Å². The van der Waals surface area contributed by atoms with E-state index in [1.54, 1.807) is 0 Å². The van der Waals surface area contributed by atoms with Gasteiger partial charge in [-0.05, 0) is 67.3 Å². The Labute approximate surface area is 175 Å². The van der Waals surface area contributed by atoms with Gasteiger partial charge in [0.2, 0.25) is 0 Å². The van der Waals surface area contributed by atoms with Crippen molar-refractivity contribution in [1.82, 2.24) is 14.5 Å². The largest absolute Gasteiger partial charge is 0.338 e. The van der Waals surface area contributed by atoms with Gasteiger partial charge in [0.1, 0.15) is 11.6 Å². The SMILES string of the molecule is Cc1ccsc1C(=O)N1CCC(Cc2ncc(C)n2Cc2ccc(F)cc2)CC1. The number of thiophene rings is 1. The number of hydrogen-bond donors (Lipinski definition) is 0. The van der Waals surface area contributed by atoms with E-state index in [-0.39, 0.29) is 11.7 Å². The number of amides is 1. The number of hydrogen-bond acceptors (Lipinski definition) is 3. The fraction of sp³-hybridized carbons (Fsp3) is 0.391. The van der Waals surface area contributed by atoms with E-state index in [0.29, 0.717) is 12.5 Å². The Bertz CT molecular complexity index is 984. The van der Waals surface area contributed by atoms with Gasteiger partial charge in [0.15, 0.2) is 0 Å². The maximum Gasteiger partial charge on any atom is 0.264 e. The minimum Gasteiger partial charge on any atom is -0.338 e. The molecule has 29 heavy (non-hydrogen) atoms. The average Bonchev–Trinajstić information content (AvgIpc) is 3.30. The third kappa shape index (κ3) is 4.42. The number of piperidine rings is 1. The molecule has 1 fully saturated rings. The Morgan fingerprint density at radius 1 is 1.17 bits per heavy atom. The number of benzene rings is 1. The van der Waals surface area contributed by atoms with Crippen LogP contribution in [-0.4, -0.2) is 33.4 Å². The van der Waals surface area contributed by atoms with E-state index in [9.17, 15) is 9.18 Å². The summed E-state index contributed by atoms with van der Waals surface area (Å²) in [4.78, 5) is 20.2. The molecule has 0 radical (unpaired) electrons. The van der Waals surface area contributed by atoms with Crippen molar-refractivity contribution in [3.05, 3.63) is 75.2 Å². The average molecular weight is 412 g/mol. The second-order valence-electron chi connectivity index (χ2n) is 7.90. The van der Waals surface area contributed by atoms with Gasteiger partial charge in [-0.1, -0.05) is 12.1 Å². The summed E-state index contributed by atoms with van der Waals surface area (Å²) in [5.74, 6) is 1.56. The Balaban J connectivity index is 1.38. The number of nitrogens with zero attached hydrogens (tertiary/aromatic N) is 3. The van der Waals surface area contributed by atoms with E-state index in [1.807, 2.05) is 41.6 Å². The maximum absolute atomic E-state index is 13.2. The Kier molecular flexibility index (Phi) is 5.81. The van der Waals surface area contributed by atoms with Crippen LogP contribution in [0.4, 0.5) is 4.39 Å². The molecule has 0 unspecified atom stereocenters. The molecule has 1 saturated heterocycles. The van der Waals surface area contributed by atoms with Crippen LogP contribution < -0.4 is 0 Å². The predicted molar refractivity (Wildman–Crippen MR) is 114 cm³/mol. The van der Waals surface area contributed by atoms with Gasteiger partial charge in [0, 0.05) is 37.9 Å². The summed E-state index contributed by atoms with van der Waals surface area (Å²) in [5, 5.41) is 1.98. The van der Waals surface area contributed by atoms with E-state index in [4.69, 9.17) is 0 Å². The van der Waals surface area contributed by atoms with Crippen molar-refractivity contribution in [2.24, 2.45) is 5.92 Å². The normalized spacial score (nSPS) is 15.1. The second kappa shape index (κ2) is 8.49. The first kappa shape index (κ1) is 19.8. The highest BCUT2D eigenvalue weighted by atomic mass is 32.1. The number of rotatable bonds is 5. The van der Waals surface area contributed by atoms with Gasteiger partial charge in [-0.3, -0.25) is 4.79 Å². The van der Waals surface area contributed by atoms with E-state index in [1.165, 1.54) is 23.5 Å². The van der Waals surface area contributed by atoms with Crippen LogP contribution in [0.2, 0.25) is 0 Å². The van der Waals surface area contributed by atoms with Gasteiger partial charge >= 0.3 is 0 Å². The molecule has 1 amide bonds. The zero-order valence-electron chi connectivity index (χ0n) is 16.9. The van der Waals surface area contributed by atoms with Crippen LogP contribution in [0.1, 0.15) is 45.2 Å². The zero-order valence-corrected chi connectivity index (χ0v) is 17.7. The smallest absolute Gasteiger partial charge is 0.264 e. The highest BCUT2D eigenvalue weighted by Crippen LogP contribution is 2.25. The van der Waals surface area contributed by atoms with Crippen LogP contribution in [-0.2, 0) is 13.0 Å². The molecule has 0 spiro atoms. The predicted octanol–water partition coefficient (Wildman–Crippen LogP) is 4.84. The summed E-state index contributed by atoms with van der Waals surface area (Å²) in [6.07, 6.45) is 4.82. The standard InChI is InChI=1S/C23H26FN3OS/c1-16-9-12-29-22(16)23(28)26-10-7-18(8-11-26)13-21-25-14-17(2)27(21)15-19-3-5-20(24)6-4-19/h3-6,9,12,14,18H,7-8,10-11,13,15H2,1-2H3. The second-order valence-corrected chi connectivity index (χ2v) is 8.82. The number of carbonyl (C=O) groups excluding carboxylic acids is 1. The number of likely N-dealkylation sites (tertiary alicyclic amines) is 1. The first-order valence-electron chi connectivity index (χ1n) is 10.1. The van der Waals surface area contributed by atoms with E-state index in [2.05, 4.69) is 16.5 Å². The first-order chi connectivity index (χ1) is 14.0. The number of imidazole rings is 1. The number of halogens is 1. The van der Waals surface area contributed by atoms with Crippen LogP contribution in [0, 0.1) is 25.6 Å². The molecule has 1 aliphatic heterocycles. The molecule has 0 atom stereocenters. The molecule has 0 saturated carbocycles. The van der Waals surface area contributed by atoms with Crippen LogP contribution >= 0.6 is 11.3 Å². The van der Waals surface area contributed by atoms with Crippen LogP contribution in [0.3, 0.4) is 0 Å². The van der Waals surface area contributed by atoms with Gasteiger partial charge in [-0.15, -0.1) is 11.3 Å². The van der Waals surface area contributed by atoms with Crippen molar-refractivity contribution < 1.29 is 9.18 Å². The summed E-state index contributed by atoms with van der Waals surface area (Å²) in [7, 11) is 0. The summed E-state index contributed by atoms with van der Waals surface area (Å²) < 4.78 is 15.4. The Morgan fingerprint density at radius 3 is 2.55 bits per heavy atom. The molecule has 1 aliphatic rings. The third-order valence-electron chi connectivity index (χ3n) is 5.82. The summed E-state index contributed by atoms with van der Waals surface area (Å²) >= 11 is 1.53. The van der Waals surface area contributed by atoms with Crippen molar-refractivity contribution >= 4 is 17.2 Å². The van der Waals surface area contributed by atoms with Crippen LogP contribution in [0.25, 0.3) is 0 Å². The van der Waals surface area contributed by atoms with Crippen molar-refractivity contribution in [3.8, 4) is 0 Å². The van der Waals surface area contributed by atoms with E-state index in [0.717, 1.165) is 59.9 Å². The molecule has 152 valence electrons. The lowest BCUT2D eigenvalue weighted by molar-refractivity contribution is 0.0694. The highest BCUT2D eigenvalue weighted by Gasteiger charge is 2.26. The Morgan fingerprint density at radius 2 is 1.90 bits per heavy atom. The molecule has 0 bridgehead atoms. The molecule has 0 aliphatic carbocycles. The van der Waals surface area contributed by atoms with E-state index >= 15 is 0 Å². The Hall–Kier alpha value is -2.47. The van der Waals surface area contributed by atoms with Crippen molar-refractivity contribution in [1.29, 1.82) is 0 Å². The minimum atomic E-state index is -0.213. The fourth-order valence-electron chi connectivity index (χ4n) is 4.00. The van der Waals surface area contributed by atoms with Gasteiger partial charge in [-0.25, -0.2) is 9.37 Å². The summed E-state index contributed by atoms with van der Waals surface area (Å²) in [5.41, 5.74) is 3.26. The number of aryl methyl sites for hydroxylation is 2. The quantitative estimate of drug-likeness (QED) is 0.602. The lowest BCUT2D eigenvalue weighted by Crippen LogP contribution is -2.39. The van der Waals surface area contributed by atoms with Crippen LogP contribution in [0.15, 0.2) is 41.9 Å². The lowest BCUT2D eigenvalue weighted by Gasteiger charge is -2.32. The molecule has 3 aromatic rings. The topological polar surface area (TPSA) is 38.1 Å². The zero-order chi connectivity index (χ0) is 20.4. The van der Waals surface area contributed by atoms with E-state index < -0.39 is 0 Å². The van der Waals surface area contributed by atoms with Gasteiger partial charge < -0.3 is 9.47 Å². The van der Waals surface area contributed by atoms with Gasteiger partial charge in [0.25, 0.3) is 5.91 Å². The molecule has 6 heteroatoms. The van der Waals surface area contributed by atoms with Gasteiger partial charge in [0.05, 0.1) is 4.88 Å². The molecule has 4 rings (SSSR count).